The van der Waals surface area contributed by atoms with E-state index < -0.39 is 0 Å². The minimum Gasteiger partial charge on any atom is -0.324 e. The number of nitrogens with zero attached hydrogens (tertiary/aromatic N) is 1. The summed E-state index contributed by atoms with van der Waals surface area (Å²) in [7, 11) is 0. The van der Waals surface area contributed by atoms with Gasteiger partial charge in [-0.3, -0.25) is 0 Å². The fourth-order valence-corrected chi connectivity index (χ4v) is 3.72. The zero-order chi connectivity index (χ0) is 13.2. The lowest BCUT2D eigenvalue weighted by molar-refractivity contribution is 0.624. The first-order valence-corrected chi connectivity index (χ1v) is 7.52. The smallest absolute Gasteiger partial charge is 0.123 e. The number of halogens is 1. The standard InChI is InChI=1S/C15H17FN2S/c16-11-7-5-10(6-8-11)12(17)9-15-18-13-3-1-2-4-14(13)19-15/h5-8,12H,1-4,9,17H2. The third-order valence-electron chi connectivity index (χ3n) is 3.58. The van der Waals surface area contributed by atoms with Crippen LogP contribution in [0, 0.1) is 5.82 Å². The van der Waals surface area contributed by atoms with E-state index in [0.717, 1.165) is 23.4 Å². The SMILES string of the molecule is NC(Cc1nc2c(s1)CCCC2)c1ccc(F)cc1. The van der Waals surface area contributed by atoms with E-state index in [1.807, 2.05) is 0 Å². The van der Waals surface area contributed by atoms with Crippen molar-refractivity contribution < 1.29 is 4.39 Å². The predicted molar refractivity (Wildman–Crippen MR) is 75.8 cm³/mol. The molecule has 3 rings (SSSR count). The highest BCUT2D eigenvalue weighted by Crippen LogP contribution is 2.28. The molecule has 0 spiro atoms. The number of hydrogen-bond donors (Lipinski definition) is 1. The topological polar surface area (TPSA) is 38.9 Å². The summed E-state index contributed by atoms with van der Waals surface area (Å²) in [6.07, 6.45) is 5.54. The van der Waals surface area contributed by atoms with Crippen molar-refractivity contribution in [3.63, 3.8) is 0 Å². The van der Waals surface area contributed by atoms with Crippen LogP contribution in [-0.2, 0) is 19.3 Å². The third kappa shape index (κ3) is 2.85. The van der Waals surface area contributed by atoms with Gasteiger partial charge in [0.25, 0.3) is 0 Å². The fourth-order valence-electron chi connectivity index (χ4n) is 2.51. The van der Waals surface area contributed by atoms with E-state index in [-0.39, 0.29) is 11.9 Å². The van der Waals surface area contributed by atoms with E-state index in [0.29, 0.717) is 0 Å². The molecule has 100 valence electrons. The van der Waals surface area contributed by atoms with Gasteiger partial charge in [0, 0.05) is 17.3 Å². The molecule has 1 aliphatic carbocycles. The van der Waals surface area contributed by atoms with E-state index in [4.69, 9.17) is 10.7 Å². The Hall–Kier alpha value is -1.26. The number of fused-ring (bicyclic) bond motifs is 1. The maximum Gasteiger partial charge on any atom is 0.123 e. The molecule has 0 fully saturated rings. The van der Waals surface area contributed by atoms with Crippen molar-refractivity contribution in [2.45, 2.75) is 38.1 Å². The monoisotopic (exact) mass is 276 g/mol. The molecule has 1 aliphatic rings. The van der Waals surface area contributed by atoms with Crippen molar-refractivity contribution in [3.05, 3.63) is 51.2 Å². The number of hydrogen-bond acceptors (Lipinski definition) is 3. The van der Waals surface area contributed by atoms with E-state index >= 15 is 0 Å². The summed E-state index contributed by atoms with van der Waals surface area (Å²) in [6.45, 7) is 0. The molecule has 0 saturated carbocycles. The molecular weight excluding hydrogens is 259 g/mol. The average molecular weight is 276 g/mol. The average Bonchev–Trinajstić information content (AvgIpc) is 2.81. The Bertz CT molecular complexity index is 539. The van der Waals surface area contributed by atoms with Crippen LogP contribution in [0.15, 0.2) is 24.3 Å². The molecule has 0 saturated heterocycles. The van der Waals surface area contributed by atoms with Gasteiger partial charge in [-0.25, -0.2) is 9.37 Å². The summed E-state index contributed by atoms with van der Waals surface area (Å²) in [6, 6.07) is 6.33. The van der Waals surface area contributed by atoms with Gasteiger partial charge in [-0.2, -0.15) is 0 Å². The number of thiazole rings is 1. The number of rotatable bonds is 3. The molecular formula is C15H17FN2S. The summed E-state index contributed by atoms with van der Waals surface area (Å²) in [5, 5.41) is 1.11. The molecule has 0 amide bonds. The zero-order valence-electron chi connectivity index (χ0n) is 10.7. The first-order valence-electron chi connectivity index (χ1n) is 6.71. The maximum absolute atomic E-state index is 12.9. The molecule has 4 heteroatoms. The second-order valence-corrected chi connectivity index (χ2v) is 6.21. The van der Waals surface area contributed by atoms with Crippen LogP contribution in [0.2, 0.25) is 0 Å². The second kappa shape index (κ2) is 5.39. The van der Waals surface area contributed by atoms with Crippen LogP contribution in [0.4, 0.5) is 4.39 Å². The van der Waals surface area contributed by atoms with Gasteiger partial charge in [0.2, 0.25) is 0 Å². The van der Waals surface area contributed by atoms with Crippen LogP contribution in [0.25, 0.3) is 0 Å². The molecule has 0 bridgehead atoms. The normalized spacial score (nSPS) is 16.1. The van der Waals surface area contributed by atoms with Gasteiger partial charge in [0.05, 0.1) is 10.7 Å². The van der Waals surface area contributed by atoms with Crippen molar-refractivity contribution in [2.24, 2.45) is 5.73 Å². The number of nitrogens with two attached hydrogens (primary N) is 1. The Morgan fingerprint density at radius 2 is 1.95 bits per heavy atom. The highest BCUT2D eigenvalue weighted by molar-refractivity contribution is 7.11. The highest BCUT2D eigenvalue weighted by Gasteiger charge is 2.17. The lowest BCUT2D eigenvalue weighted by Crippen LogP contribution is -2.13. The Balaban J connectivity index is 1.73. The third-order valence-corrected chi connectivity index (χ3v) is 4.76. The van der Waals surface area contributed by atoms with Gasteiger partial charge < -0.3 is 5.73 Å². The van der Waals surface area contributed by atoms with E-state index in [1.54, 1.807) is 23.5 Å². The Kier molecular flexibility index (Phi) is 3.62. The van der Waals surface area contributed by atoms with E-state index in [9.17, 15) is 4.39 Å². The summed E-state index contributed by atoms with van der Waals surface area (Å²) in [5.74, 6) is -0.222. The van der Waals surface area contributed by atoms with Crippen LogP contribution < -0.4 is 5.73 Å². The Morgan fingerprint density at radius 1 is 1.21 bits per heavy atom. The molecule has 2 nitrogen and oxygen atoms in total. The van der Waals surface area contributed by atoms with Gasteiger partial charge >= 0.3 is 0 Å². The van der Waals surface area contributed by atoms with Gasteiger partial charge in [0.1, 0.15) is 5.82 Å². The molecule has 2 N–H and O–H groups in total. The van der Waals surface area contributed by atoms with Crippen molar-refractivity contribution in [1.29, 1.82) is 0 Å². The van der Waals surface area contributed by atoms with Crippen LogP contribution >= 0.6 is 11.3 Å². The van der Waals surface area contributed by atoms with E-state index in [1.165, 1.54) is 42.0 Å². The summed E-state index contributed by atoms with van der Waals surface area (Å²) in [4.78, 5) is 6.14. The molecule has 2 aromatic rings. The molecule has 1 heterocycles. The molecule has 1 aromatic carbocycles. The number of aromatic nitrogens is 1. The fraction of sp³-hybridized carbons (Fsp3) is 0.400. The van der Waals surface area contributed by atoms with Crippen LogP contribution in [-0.4, -0.2) is 4.98 Å². The Morgan fingerprint density at radius 3 is 2.68 bits per heavy atom. The molecule has 0 aliphatic heterocycles. The lowest BCUT2D eigenvalue weighted by atomic mass is 10.0. The molecule has 19 heavy (non-hydrogen) atoms. The minimum absolute atomic E-state index is 0.104. The largest absolute Gasteiger partial charge is 0.324 e. The maximum atomic E-state index is 12.9. The number of benzene rings is 1. The minimum atomic E-state index is -0.222. The summed E-state index contributed by atoms with van der Waals surface area (Å²) in [5.41, 5.74) is 8.42. The van der Waals surface area contributed by atoms with Crippen LogP contribution in [0.3, 0.4) is 0 Å². The Labute approximate surface area is 116 Å². The molecule has 1 aromatic heterocycles. The highest BCUT2D eigenvalue weighted by atomic mass is 32.1. The van der Waals surface area contributed by atoms with Gasteiger partial charge in [-0.1, -0.05) is 12.1 Å². The van der Waals surface area contributed by atoms with E-state index in [2.05, 4.69) is 0 Å². The first kappa shape index (κ1) is 12.8. The molecule has 1 unspecified atom stereocenters. The summed E-state index contributed by atoms with van der Waals surface area (Å²) >= 11 is 1.80. The van der Waals surface area contributed by atoms with Gasteiger partial charge in [0.15, 0.2) is 0 Å². The molecule has 0 radical (unpaired) electrons. The quantitative estimate of drug-likeness (QED) is 0.933. The van der Waals surface area contributed by atoms with Crippen molar-refractivity contribution in [3.8, 4) is 0 Å². The van der Waals surface area contributed by atoms with Crippen LogP contribution in [0.1, 0.15) is 40.0 Å². The summed E-state index contributed by atoms with van der Waals surface area (Å²) < 4.78 is 12.9. The molecule has 1 atom stereocenters. The lowest BCUT2D eigenvalue weighted by Gasteiger charge is -2.09. The van der Waals surface area contributed by atoms with Crippen molar-refractivity contribution in [2.75, 3.05) is 0 Å². The van der Waals surface area contributed by atoms with Crippen molar-refractivity contribution in [1.82, 2.24) is 4.98 Å². The predicted octanol–water partition coefficient (Wildman–Crippen LogP) is 3.40. The van der Waals surface area contributed by atoms with Gasteiger partial charge in [-0.15, -0.1) is 11.3 Å². The van der Waals surface area contributed by atoms with Crippen molar-refractivity contribution >= 4 is 11.3 Å². The van der Waals surface area contributed by atoms with Gasteiger partial charge in [-0.05, 0) is 43.4 Å². The van der Waals surface area contributed by atoms with Crippen LogP contribution in [0.5, 0.6) is 0 Å². The number of aryl methyl sites for hydroxylation is 2. The first-order chi connectivity index (χ1) is 9.22. The second-order valence-electron chi connectivity index (χ2n) is 5.05. The zero-order valence-corrected chi connectivity index (χ0v) is 11.5.